The monoisotopic (exact) mass is 513 g/mol. The summed E-state index contributed by atoms with van der Waals surface area (Å²) >= 11 is 6.48. The third kappa shape index (κ3) is 3.53. The smallest absolute Gasteiger partial charge is 0.253 e. The highest BCUT2D eigenvalue weighted by atomic mass is 35.5. The van der Waals surface area contributed by atoms with E-state index < -0.39 is 29.1 Å². The summed E-state index contributed by atoms with van der Waals surface area (Å²) in [5.41, 5.74) is -1.71. The van der Waals surface area contributed by atoms with Gasteiger partial charge in [-0.2, -0.15) is 0 Å². The number of likely N-dealkylation sites (tertiary alicyclic amines) is 1. The largest absolute Gasteiger partial charge is 0.396 e. The van der Waals surface area contributed by atoms with Crippen LogP contribution in [-0.2, 0) is 19.1 Å². The summed E-state index contributed by atoms with van der Waals surface area (Å²) in [6.45, 7) is 2.93. The second-order valence-corrected chi connectivity index (χ2v) is 10.4. The first-order valence-corrected chi connectivity index (χ1v) is 13.0. The number of ether oxygens (including phenoxy) is 1. The number of nitrogens with zero attached hydrogens (tertiary/aromatic N) is 3. The number of para-hydroxylation sites is 1. The van der Waals surface area contributed by atoms with E-state index in [-0.39, 0.29) is 37.4 Å². The van der Waals surface area contributed by atoms with Crippen LogP contribution in [0.25, 0.3) is 0 Å². The molecule has 0 aliphatic carbocycles. The van der Waals surface area contributed by atoms with Crippen molar-refractivity contribution in [1.82, 2.24) is 9.80 Å². The lowest BCUT2D eigenvalue weighted by Crippen LogP contribution is -2.56. The van der Waals surface area contributed by atoms with Crippen LogP contribution < -0.4 is 4.90 Å². The van der Waals surface area contributed by atoms with E-state index in [1.807, 2.05) is 37.3 Å². The van der Waals surface area contributed by atoms with Crippen molar-refractivity contribution in [1.29, 1.82) is 0 Å². The lowest BCUT2D eigenvalue weighted by molar-refractivity contribution is -0.149. The minimum absolute atomic E-state index is 0.00693. The molecule has 1 N–H and O–H groups in total. The van der Waals surface area contributed by atoms with Gasteiger partial charge in [-0.15, -0.1) is 0 Å². The Morgan fingerprint density at radius 1 is 1.03 bits per heavy atom. The Morgan fingerprint density at radius 2 is 1.78 bits per heavy atom. The van der Waals surface area contributed by atoms with Crippen molar-refractivity contribution in [3.63, 3.8) is 0 Å². The topological polar surface area (TPSA) is 90.4 Å². The van der Waals surface area contributed by atoms with Crippen molar-refractivity contribution in [3.05, 3.63) is 53.6 Å². The van der Waals surface area contributed by atoms with Gasteiger partial charge in [0, 0.05) is 33.3 Å². The van der Waals surface area contributed by atoms with E-state index in [1.54, 1.807) is 39.9 Å². The number of likely N-dealkylation sites (N-methyl/N-ethyl adjacent to an activating group) is 1. The van der Waals surface area contributed by atoms with Crippen molar-refractivity contribution in [2.24, 2.45) is 11.8 Å². The summed E-state index contributed by atoms with van der Waals surface area (Å²) in [5.74, 6) is -2.27. The highest BCUT2D eigenvalue weighted by molar-refractivity contribution is 6.34. The normalized spacial score (nSPS) is 33.5. The van der Waals surface area contributed by atoms with Crippen LogP contribution in [0.15, 0.2) is 48.6 Å². The molecular formula is C27H32ClN3O5. The first kappa shape index (κ1) is 25.0. The number of hydrogen-bond donors (Lipinski definition) is 1. The van der Waals surface area contributed by atoms with E-state index in [4.69, 9.17) is 16.3 Å². The van der Waals surface area contributed by atoms with E-state index >= 15 is 0 Å². The zero-order valence-electron chi connectivity index (χ0n) is 20.6. The highest BCUT2D eigenvalue weighted by Crippen LogP contribution is 2.58. The molecule has 4 heterocycles. The number of unbranched alkanes of at least 4 members (excludes halogenated alkanes) is 1. The van der Waals surface area contributed by atoms with E-state index in [0.717, 1.165) is 0 Å². The lowest BCUT2D eigenvalue weighted by atomic mass is 9.73. The summed E-state index contributed by atoms with van der Waals surface area (Å²) in [6.07, 6.45) is 9.05. The van der Waals surface area contributed by atoms with Gasteiger partial charge in [0.05, 0.1) is 28.1 Å². The second-order valence-electron chi connectivity index (χ2n) is 10.0. The van der Waals surface area contributed by atoms with E-state index in [9.17, 15) is 19.5 Å². The van der Waals surface area contributed by atoms with Crippen LogP contribution in [0, 0.1) is 11.8 Å². The van der Waals surface area contributed by atoms with Crippen LogP contribution in [0.4, 0.5) is 5.69 Å². The van der Waals surface area contributed by atoms with Gasteiger partial charge in [-0.05, 0) is 31.4 Å². The van der Waals surface area contributed by atoms with Gasteiger partial charge in [-0.25, -0.2) is 0 Å². The van der Waals surface area contributed by atoms with Crippen LogP contribution in [-0.4, -0.2) is 83.2 Å². The van der Waals surface area contributed by atoms with Gasteiger partial charge in [0.2, 0.25) is 11.8 Å². The van der Waals surface area contributed by atoms with Gasteiger partial charge < -0.3 is 24.5 Å². The molecule has 4 aliphatic rings. The molecule has 1 aromatic rings. The number of fused-ring (bicyclic) bond motifs is 2. The molecule has 36 heavy (non-hydrogen) atoms. The number of carbonyl (C=O) groups is 3. The van der Waals surface area contributed by atoms with Crippen molar-refractivity contribution < 1.29 is 24.2 Å². The zero-order chi connectivity index (χ0) is 25.7. The predicted octanol–water partition coefficient (Wildman–Crippen LogP) is 2.40. The molecule has 0 aromatic heterocycles. The maximum atomic E-state index is 14.3. The van der Waals surface area contributed by atoms with E-state index in [0.29, 0.717) is 36.5 Å². The summed E-state index contributed by atoms with van der Waals surface area (Å²) in [6, 6.07) is 6.17. The predicted molar refractivity (Wildman–Crippen MR) is 135 cm³/mol. The van der Waals surface area contributed by atoms with Gasteiger partial charge in [0.25, 0.3) is 5.91 Å². The maximum absolute atomic E-state index is 14.3. The molecule has 0 bridgehead atoms. The Labute approximate surface area is 216 Å². The molecule has 9 heteroatoms. The molecule has 1 unspecified atom stereocenters. The Hall–Kier alpha value is -2.68. The number of benzene rings is 1. The molecule has 1 spiro atoms. The maximum Gasteiger partial charge on any atom is 0.253 e. The number of aliphatic hydroxyl groups excluding tert-OH is 1. The quantitative estimate of drug-likeness (QED) is 0.466. The zero-order valence-corrected chi connectivity index (χ0v) is 21.4. The van der Waals surface area contributed by atoms with Crippen LogP contribution >= 0.6 is 11.6 Å². The van der Waals surface area contributed by atoms with E-state index in [2.05, 4.69) is 0 Å². The number of halogens is 1. The van der Waals surface area contributed by atoms with Crippen molar-refractivity contribution in [2.45, 2.75) is 43.4 Å². The van der Waals surface area contributed by atoms with Crippen molar-refractivity contribution in [2.75, 3.05) is 38.2 Å². The minimum Gasteiger partial charge on any atom is -0.396 e. The Kier molecular flexibility index (Phi) is 6.47. The third-order valence-corrected chi connectivity index (χ3v) is 8.41. The fourth-order valence-corrected chi connectivity index (χ4v) is 6.64. The van der Waals surface area contributed by atoms with Gasteiger partial charge in [0.1, 0.15) is 11.6 Å². The molecule has 0 saturated carbocycles. The van der Waals surface area contributed by atoms with Gasteiger partial charge in [-0.3, -0.25) is 14.4 Å². The molecule has 5 rings (SSSR count). The summed E-state index contributed by atoms with van der Waals surface area (Å²) in [4.78, 5) is 46.9. The Morgan fingerprint density at radius 3 is 2.50 bits per heavy atom. The molecule has 4 aliphatic heterocycles. The van der Waals surface area contributed by atoms with E-state index in [1.165, 1.54) is 0 Å². The molecule has 1 aromatic carbocycles. The highest BCUT2D eigenvalue weighted by Gasteiger charge is 2.75. The molecule has 5 atom stereocenters. The molecule has 8 nitrogen and oxygen atoms in total. The number of amides is 3. The molecule has 2 saturated heterocycles. The van der Waals surface area contributed by atoms with Crippen LogP contribution in [0.3, 0.4) is 0 Å². The first-order chi connectivity index (χ1) is 17.3. The standard InChI is InChI=1S/C27H32ClN3O5/c1-3-26-12-8-14-29(2)23(33)20(26)21-24(34)31(15-6-7-17-32)22-25(35)30(16-9-13-27(21,22)36-26)19-11-5-4-10-18(19)28/h4-5,8-13,20-22,32H,3,6-7,14-17H2,1-2H3/t20-,21+,22?,26+,27+/m1/s1. The molecular weight excluding hydrogens is 482 g/mol. The summed E-state index contributed by atoms with van der Waals surface area (Å²) in [7, 11) is 1.73. The van der Waals surface area contributed by atoms with Crippen LogP contribution in [0.1, 0.15) is 26.2 Å². The SMILES string of the molecule is CC[C@]12C=CCN(C)C(=O)[C@H]1[C@H]1C(=O)N(CCCCO)C3C(=O)N(c4ccccc4Cl)CC=C[C@@]31O2. The summed E-state index contributed by atoms with van der Waals surface area (Å²) in [5, 5.41) is 9.78. The Bertz CT molecular complexity index is 1140. The van der Waals surface area contributed by atoms with Gasteiger partial charge in [-0.1, -0.05) is 55.0 Å². The number of aliphatic hydroxyl groups is 1. The number of anilines is 1. The summed E-state index contributed by atoms with van der Waals surface area (Å²) < 4.78 is 6.87. The van der Waals surface area contributed by atoms with Gasteiger partial charge in [0.15, 0.2) is 0 Å². The molecule has 192 valence electrons. The number of rotatable bonds is 6. The fourth-order valence-electron chi connectivity index (χ4n) is 6.40. The second kappa shape index (κ2) is 9.32. The molecule has 0 radical (unpaired) electrons. The minimum atomic E-state index is -1.29. The van der Waals surface area contributed by atoms with Gasteiger partial charge >= 0.3 is 0 Å². The molecule has 3 amide bonds. The number of hydrogen-bond acceptors (Lipinski definition) is 5. The molecule has 2 fully saturated rings. The van der Waals surface area contributed by atoms with Crippen molar-refractivity contribution in [3.8, 4) is 0 Å². The number of carbonyl (C=O) groups excluding carboxylic acids is 3. The third-order valence-electron chi connectivity index (χ3n) is 8.09. The van der Waals surface area contributed by atoms with Crippen molar-refractivity contribution >= 4 is 35.0 Å². The average molecular weight is 514 g/mol. The van der Waals surface area contributed by atoms with Crippen LogP contribution in [0.5, 0.6) is 0 Å². The fraction of sp³-hybridized carbons (Fsp3) is 0.519. The average Bonchev–Trinajstić information content (AvgIpc) is 3.16. The lowest BCUT2D eigenvalue weighted by Gasteiger charge is -2.38. The first-order valence-electron chi connectivity index (χ1n) is 12.6. The Balaban J connectivity index is 1.66. The van der Waals surface area contributed by atoms with Crippen LogP contribution in [0.2, 0.25) is 5.02 Å².